The van der Waals surface area contributed by atoms with E-state index in [1.165, 1.54) is 0 Å². The molecule has 2 unspecified atom stereocenters. The maximum absolute atomic E-state index is 11.8. The molecule has 0 bridgehead atoms. The number of esters is 1. The Labute approximate surface area is 115 Å². The molecule has 1 N–H and O–H groups in total. The van der Waals surface area contributed by atoms with Crippen LogP contribution in [-0.2, 0) is 9.53 Å². The van der Waals surface area contributed by atoms with Crippen LogP contribution in [0, 0.1) is 0 Å². The third kappa shape index (κ3) is 4.65. The van der Waals surface area contributed by atoms with Crippen LogP contribution in [0.3, 0.4) is 0 Å². The van der Waals surface area contributed by atoms with Crippen molar-refractivity contribution in [2.75, 3.05) is 19.7 Å². The topological polar surface area (TPSA) is 49.8 Å². The second-order valence-corrected chi connectivity index (χ2v) is 4.51. The van der Waals surface area contributed by atoms with Crippen LogP contribution in [0.5, 0.6) is 0 Å². The summed E-state index contributed by atoms with van der Waals surface area (Å²) in [5.41, 5.74) is 0.558. The standard InChI is InChI=1S/C15H23NO3/c1-4-16(5-2)12(3)11-19-15(18)14(17)13-9-7-6-8-10-13/h6-10,12,14,17H,4-5,11H2,1-3H3. The Balaban J connectivity index is 2.47. The molecule has 0 radical (unpaired) electrons. The minimum atomic E-state index is -1.20. The fourth-order valence-corrected chi connectivity index (χ4v) is 2.01. The van der Waals surface area contributed by atoms with E-state index in [2.05, 4.69) is 18.7 Å². The third-order valence-corrected chi connectivity index (χ3v) is 3.24. The maximum Gasteiger partial charge on any atom is 0.339 e. The van der Waals surface area contributed by atoms with E-state index in [1.807, 2.05) is 13.0 Å². The molecule has 0 aliphatic rings. The van der Waals surface area contributed by atoms with Crippen LogP contribution >= 0.6 is 0 Å². The maximum atomic E-state index is 11.8. The molecule has 0 aromatic heterocycles. The highest BCUT2D eigenvalue weighted by Crippen LogP contribution is 2.14. The van der Waals surface area contributed by atoms with E-state index in [0.29, 0.717) is 12.2 Å². The molecule has 1 rings (SSSR count). The molecular weight excluding hydrogens is 242 g/mol. The molecule has 0 aliphatic carbocycles. The molecule has 0 amide bonds. The van der Waals surface area contributed by atoms with Gasteiger partial charge in [-0.2, -0.15) is 0 Å². The second-order valence-electron chi connectivity index (χ2n) is 4.51. The van der Waals surface area contributed by atoms with Crippen LogP contribution in [-0.4, -0.2) is 41.7 Å². The summed E-state index contributed by atoms with van der Waals surface area (Å²) in [5.74, 6) is -0.592. The molecule has 1 aromatic carbocycles. The van der Waals surface area contributed by atoms with Crippen LogP contribution in [0.2, 0.25) is 0 Å². The Morgan fingerprint density at radius 2 is 1.84 bits per heavy atom. The van der Waals surface area contributed by atoms with Gasteiger partial charge in [0.1, 0.15) is 6.61 Å². The molecule has 19 heavy (non-hydrogen) atoms. The lowest BCUT2D eigenvalue weighted by molar-refractivity contribution is -0.155. The van der Waals surface area contributed by atoms with Gasteiger partial charge in [-0.05, 0) is 25.6 Å². The van der Waals surface area contributed by atoms with Gasteiger partial charge in [0, 0.05) is 6.04 Å². The van der Waals surface area contributed by atoms with Crippen LogP contribution in [0.4, 0.5) is 0 Å². The van der Waals surface area contributed by atoms with Gasteiger partial charge in [0.2, 0.25) is 0 Å². The Morgan fingerprint density at radius 1 is 1.26 bits per heavy atom. The first-order valence-electron chi connectivity index (χ1n) is 6.73. The first-order chi connectivity index (χ1) is 9.10. The van der Waals surface area contributed by atoms with Gasteiger partial charge in [0.15, 0.2) is 6.10 Å². The smallest absolute Gasteiger partial charge is 0.339 e. The summed E-state index contributed by atoms with van der Waals surface area (Å²) in [7, 11) is 0. The molecule has 0 heterocycles. The minimum absolute atomic E-state index is 0.155. The van der Waals surface area contributed by atoms with Crippen molar-refractivity contribution in [2.24, 2.45) is 0 Å². The Kier molecular flexibility index (Phi) is 6.53. The molecule has 2 atom stereocenters. The first kappa shape index (κ1) is 15.7. The summed E-state index contributed by atoms with van der Waals surface area (Å²) in [6.45, 7) is 8.27. The number of hydrogen-bond acceptors (Lipinski definition) is 4. The summed E-state index contributed by atoms with van der Waals surface area (Å²) in [6, 6.07) is 8.97. The average Bonchev–Trinajstić information content (AvgIpc) is 2.46. The van der Waals surface area contributed by atoms with Gasteiger partial charge >= 0.3 is 5.97 Å². The zero-order valence-electron chi connectivity index (χ0n) is 11.9. The Morgan fingerprint density at radius 3 is 2.37 bits per heavy atom. The molecule has 4 heteroatoms. The first-order valence-corrected chi connectivity index (χ1v) is 6.73. The highest BCUT2D eigenvalue weighted by molar-refractivity contribution is 5.76. The monoisotopic (exact) mass is 265 g/mol. The van der Waals surface area contributed by atoms with Crippen molar-refractivity contribution in [3.05, 3.63) is 35.9 Å². The number of nitrogens with zero attached hydrogens (tertiary/aromatic N) is 1. The lowest BCUT2D eigenvalue weighted by Gasteiger charge is -2.26. The number of benzene rings is 1. The van der Waals surface area contributed by atoms with Crippen molar-refractivity contribution in [3.8, 4) is 0 Å². The lowest BCUT2D eigenvalue weighted by atomic mass is 10.1. The number of rotatable bonds is 7. The lowest BCUT2D eigenvalue weighted by Crippen LogP contribution is -2.37. The molecule has 0 saturated heterocycles. The van der Waals surface area contributed by atoms with Gasteiger partial charge in [0.25, 0.3) is 0 Å². The van der Waals surface area contributed by atoms with Gasteiger partial charge in [-0.1, -0.05) is 44.2 Å². The largest absolute Gasteiger partial charge is 0.462 e. The van der Waals surface area contributed by atoms with Gasteiger partial charge < -0.3 is 9.84 Å². The number of carbonyl (C=O) groups is 1. The fourth-order valence-electron chi connectivity index (χ4n) is 2.01. The highest BCUT2D eigenvalue weighted by Gasteiger charge is 2.20. The van der Waals surface area contributed by atoms with Crippen molar-refractivity contribution >= 4 is 5.97 Å². The van der Waals surface area contributed by atoms with Crippen molar-refractivity contribution in [3.63, 3.8) is 0 Å². The quantitative estimate of drug-likeness (QED) is 0.766. The Bertz CT molecular complexity index is 376. The number of likely N-dealkylation sites (N-methyl/N-ethyl adjacent to an activating group) is 1. The predicted molar refractivity (Wildman–Crippen MR) is 74.7 cm³/mol. The highest BCUT2D eigenvalue weighted by atomic mass is 16.5. The van der Waals surface area contributed by atoms with Crippen LogP contribution in [0.1, 0.15) is 32.4 Å². The zero-order chi connectivity index (χ0) is 14.3. The van der Waals surface area contributed by atoms with Gasteiger partial charge in [-0.15, -0.1) is 0 Å². The normalized spacial score (nSPS) is 14.2. The van der Waals surface area contributed by atoms with Gasteiger partial charge in [0.05, 0.1) is 0 Å². The zero-order valence-corrected chi connectivity index (χ0v) is 11.9. The average molecular weight is 265 g/mol. The number of aliphatic hydroxyl groups is 1. The van der Waals surface area contributed by atoms with E-state index < -0.39 is 12.1 Å². The van der Waals surface area contributed by atoms with E-state index >= 15 is 0 Å². The fraction of sp³-hybridized carbons (Fsp3) is 0.533. The summed E-state index contributed by atoms with van der Waals surface area (Å²) >= 11 is 0. The van der Waals surface area contributed by atoms with Gasteiger partial charge in [-0.25, -0.2) is 4.79 Å². The SMILES string of the molecule is CCN(CC)C(C)COC(=O)C(O)c1ccccc1. The van der Waals surface area contributed by atoms with E-state index in [0.717, 1.165) is 13.1 Å². The summed E-state index contributed by atoms with van der Waals surface area (Å²) in [4.78, 5) is 14.0. The van der Waals surface area contributed by atoms with Crippen molar-refractivity contribution in [2.45, 2.75) is 32.9 Å². The molecule has 1 aromatic rings. The number of ether oxygens (including phenoxy) is 1. The van der Waals surface area contributed by atoms with Crippen molar-refractivity contribution < 1.29 is 14.6 Å². The van der Waals surface area contributed by atoms with Crippen LogP contribution in [0.15, 0.2) is 30.3 Å². The molecule has 0 fully saturated rings. The molecule has 0 spiro atoms. The minimum Gasteiger partial charge on any atom is -0.462 e. The number of aliphatic hydroxyl groups excluding tert-OH is 1. The Hall–Kier alpha value is -1.39. The van der Waals surface area contributed by atoms with Crippen LogP contribution < -0.4 is 0 Å². The van der Waals surface area contributed by atoms with Crippen LogP contribution in [0.25, 0.3) is 0 Å². The molecular formula is C15H23NO3. The van der Waals surface area contributed by atoms with Gasteiger partial charge in [-0.3, -0.25) is 4.90 Å². The van der Waals surface area contributed by atoms with E-state index in [1.54, 1.807) is 24.3 Å². The van der Waals surface area contributed by atoms with Crippen molar-refractivity contribution in [1.29, 1.82) is 0 Å². The molecule has 106 valence electrons. The predicted octanol–water partition coefficient (Wildman–Crippen LogP) is 1.99. The van der Waals surface area contributed by atoms with E-state index in [-0.39, 0.29) is 6.04 Å². The third-order valence-electron chi connectivity index (χ3n) is 3.24. The molecule has 0 aliphatic heterocycles. The van der Waals surface area contributed by atoms with E-state index in [9.17, 15) is 9.90 Å². The summed E-state index contributed by atoms with van der Waals surface area (Å²) in [6.07, 6.45) is -1.20. The number of hydrogen-bond donors (Lipinski definition) is 1. The summed E-state index contributed by atoms with van der Waals surface area (Å²) in [5, 5.41) is 9.87. The van der Waals surface area contributed by atoms with E-state index in [4.69, 9.17) is 4.74 Å². The molecule has 4 nitrogen and oxygen atoms in total. The summed E-state index contributed by atoms with van der Waals surface area (Å²) < 4.78 is 5.17. The second kappa shape index (κ2) is 7.92. The molecule has 0 saturated carbocycles. The number of carbonyl (C=O) groups excluding carboxylic acids is 1. The van der Waals surface area contributed by atoms with Crippen molar-refractivity contribution in [1.82, 2.24) is 4.90 Å².